The van der Waals surface area contributed by atoms with Gasteiger partial charge in [-0.15, -0.1) is 0 Å². The molecule has 0 bridgehead atoms. The van der Waals surface area contributed by atoms with Crippen LogP contribution in [-0.4, -0.2) is 0 Å². The normalized spacial score (nSPS) is 6.00. The fourth-order valence-electron chi connectivity index (χ4n) is 0. The zero-order valence-electron chi connectivity index (χ0n) is 15.6. The van der Waals surface area contributed by atoms with Gasteiger partial charge in [0.05, 0.1) is 0 Å². The third-order valence-electron chi connectivity index (χ3n) is 2.00. The van der Waals surface area contributed by atoms with E-state index in [1.54, 1.807) is 0 Å². The molecule has 0 radical (unpaired) electrons. The van der Waals surface area contributed by atoms with Crippen molar-refractivity contribution in [2.75, 3.05) is 0 Å². The molecule has 0 aromatic carbocycles. The van der Waals surface area contributed by atoms with E-state index >= 15 is 0 Å². The van der Waals surface area contributed by atoms with Crippen molar-refractivity contribution in [2.45, 2.75) is 107 Å². The lowest BCUT2D eigenvalue weighted by Crippen LogP contribution is -1.47. The lowest BCUT2D eigenvalue weighted by atomic mass is 10.4. The lowest BCUT2D eigenvalue weighted by molar-refractivity contribution is 0.886. The molecule has 0 aliphatic carbocycles. The summed E-state index contributed by atoms with van der Waals surface area (Å²) in [6.07, 6.45) is 10.6. The molecule has 0 aliphatic rings. The van der Waals surface area contributed by atoms with Crippen LogP contribution in [0.1, 0.15) is 107 Å². The Bertz CT molecular complexity index is 41.7. The lowest BCUT2D eigenvalue weighted by Gasteiger charge is -1.68. The smallest absolute Gasteiger partial charge is 0.0564 e. The van der Waals surface area contributed by atoms with Gasteiger partial charge in [-0.05, 0) is 0 Å². The molecule has 0 heterocycles. The molecule has 0 aromatic heterocycles. The van der Waals surface area contributed by atoms with Crippen molar-refractivity contribution in [1.29, 1.82) is 0 Å². The summed E-state index contributed by atoms with van der Waals surface area (Å²) in [4.78, 5) is 0. The van der Waals surface area contributed by atoms with Gasteiger partial charge in [0.15, 0.2) is 0 Å². The average molecular weight is 310 g/mol. The zero-order valence-corrected chi connectivity index (χ0v) is 15.6. The van der Waals surface area contributed by atoms with Crippen molar-refractivity contribution < 1.29 is 14.1 Å². The maximum absolute atomic E-state index is 2.18. The molecule has 4 heteroatoms. The third kappa shape index (κ3) is 354. The molecule has 1 nitrogen and oxygen atoms in total. The van der Waals surface area contributed by atoms with E-state index in [0.29, 0.717) is 0 Å². The van der Waals surface area contributed by atoms with Crippen LogP contribution in [0, 0.1) is 0 Å². The van der Waals surface area contributed by atoms with Crippen LogP contribution in [0.4, 0.5) is 14.1 Å². The SMILES string of the molecule is CCCC.CCCC.CCCC.CCCC.F.F.F.N. The number of rotatable bonds is 4. The second-order valence-electron chi connectivity index (χ2n) is 4.00. The number of hydrogen-bond acceptors (Lipinski definition) is 1. The van der Waals surface area contributed by atoms with Crippen LogP contribution in [0.2, 0.25) is 0 Å². The first-order chi connectivity index (χ1) is 7.66. The Labute approximate surface area is 128 Å². The van der Waals surface area contributed by atoms with Gasteiger partial charge in [0, 0.05) is 0 Å². The highest BCUT2D eigenvalue weighted by atomic mass is 19.0. The molecule has 0 unspecified atom stereocenters. The summed E-state index contributed by atoms with van der Waals surface area (Å²) in [5.41, 5.74) is 0. The molecule has 0 saturated heterocycles. The van der Waals surface area contributed by atoms with Crippen LogP contribution in [0.15, 0.2) is 0 Å². The first kappa shape index (κ1) is 50.3. The first-order valence-electron chi connectivity index (χ1n) is 7.66. The van der Waals surface area contributed by atoms with Crippen LogP contribution in [0.25, 0.3) is 0 Å². The van der Waals surface area contributed by atoms with E-state index in [2.05, 4.69) is 55.4 Å². The molecule has 0 spiro atoms. The maximum atomic E-state index is 2.18. The highest BCUT2D eigenvalue weighted by Gasteiger charge is 1.57. The Morgan fingerprint density at radius 1 is 0.300 bits per heavy atom. The Morgan fingerprint density at radius 3 is 0.350 bits per heavy atom. The van der Waals surface area contributed by atoms with E-state index in [-0.39, 0.29) is 20.3 Å². The van der Waals surface area contributed by atoms with E-state index in [1.807, 2.05) is 0 Å². The van der Waals surface area contributed by atoms with Gasteiger partial charge in [-0.2, -0.15) is 0 Å². The fraction of sp³-hybridized carbons (Fsp3) is 1.00. The van der Waals surface area contributed by atoms with Gasteiger partial charge in [-0.1, -0.05) is 107 Å². The minimum atomic E-state index is 0. The molecule has 0 rings (SSSR count). The van der Waals surface area contributed by atoms with Crippen LogP contribution in [-0.2, 0) is 0 Å². The minimum Gasteiger partial charge on any atom is -0.344 e. The Morgan fingerprint density at radius 2 is 0.350 bits per heavy atom. The molecular weight excluding hydrogens is 263 g/mol. The van der Waals surface area contributed by atoms with Crippen molar-refractivity contribution >= 4 is 0 Å². The second kappa shape index (κ2) is 98.4. The quantitative estimate of drug-likeness (QED) is 0.563. The van der Waals surface area contributed by atoms with E-state index in [1.165, 1.54) is 51.4 Å². The van der Waals surface area contributed by atoms with Gasteiger partial charge >= 0.3 is 0 Å². The maximum Gasteiger partial charge on any atom is -0.0564 e. The monoisotopic (exact) mass is 309 g/mol. The van der Waals surface area contributed by atoms with Crippen molar-refractivity contribution in [1.82, 2.24) is 6.15 Å². The van der Waals surface area contributed by atoms with Crippen molar-refractivity contribution in [3.8, 4) is 0 Å². The Kier molecular flexibility index (Phi) is 247. The molecule has 20 heavy (non-hydrogen) atoms. The largest absolute Gasteiger partial charge is 0.344 e. The highest BCUT2D eigenvalue weighted by Crippen LogP contribution is 1.77. The minimum absolute atomic E-state index is 0. The van der Waals surface area contributed by atoms with Crippen molar-refractivity contribution in [3.63, 3.8) is 0 Å². The second-order valence-corrected chi connectivity index (χ2v) is 4.00. The molecule has 0 saturated carbocycles. The summed E-state index contributed by atoms with van der Waals surface area (Å²) < 4.78 is 0. The summed E-state index contributed by atoms with van der Waals surface area (Å²) >= 11 is 0. The Balaban J connectivity index is -0.0000000150. The molecule has 0 amide bonds. The van der Waals surface area contributed by atoms with Crippen molar-refractivity contribution in [3.05, 3.63) is 0 Å². The van der Waals surface area contributed by atoms with Crippen LogP contribution >= 0.6 is 0 Å². The van der Waals surface area contributed by atoms with E-state index in [0.717, 1.165) is 0 Å². The molecular formula is C16H46F3N. The molecule has 0 atom stereocenters. The van der Waals surface area contributed by atoms with E-state index in [9.17, 15) is 0 Å². The van der Waals surface area contributed by atoms with Gasteiger partial charge in [0.25, 0.3) is 0 Å². The van der Waals surface area contributed by atoms with Gasteiger partial charge in [0.2, 0.25) is 0 Å². The summed E-state index contributed by atoms with van der Waals surface area (Å²) in [5, 5.41) is 0. The molecule has 136 valence electrons. The fourth-order valence-corrected chi connectivity index (χ4v) is 0. The standard InChI is InChI=1S/4C4H10.3FH.H3N/c4*1-3-4-2;;;;/h4*3-4H2,1-2H3;3*1H;1H3. The third-order valence-corrected chi connectivity index (χ3v) is 2.00. The Hall–Kier alpha value is -0.250. The van der Waals surface area contributed by atoms with Gasteiger partial charge < -0.3 is 6.15 Å². The topological polar surface area (TPSA) is 35.0 Å². The van der Waals surface area contributed by atoms with E-state index < -0.39 is 0 Å². The van der Waals surface area contributed by atoms with Gasteiger partial charge in [0.1, 0.15) is 0 Å². The number of unbranched alkanes of at least 4 members (excludes halogenated alkanes) is 4. The van der Waals surface area contributed by atoms with E-state index in [4.69, 9.17) is 0 Å². The van der Waals surface area contributed by atoms with Crippen molar-refractivity contribution in [2.24, 2.45) is 0 Å². The number of hydrogen-bond donors (Lipinski definition) is 1. The summed E-state index contributed by atoms with van der Waals surface area (Å²) in [5.74, 6) is 0. The highest BCUT2D eigenvalue weighted by molar-refractivity contribution is 4.13. The first-order valence-corrected chi connectivity index (χ1v) is 7.66. The van der Waals surface area contributed by atoms with Crippen LogP contribution in [0.3, 0.4) is 0 Å². The predicted molar refractivity (Wildman–Crippen MR) is 94.9 cm³/mol. The van der Waals surface area contributed by atoms with Crippen LogP contribution < -0.4 is 6.15 Å². The number of halogens is 3. The molecule has 0 aliphatic heterocycles. The predicted octanol–water partition coefficient (Wildman–Crippen LogP) is 7.85. The van der Waals surface area contributed by atoms with Gasteiger partial charge in [-0.3, -0.25) is 14.1 Å². The molecule has 0 fully saturated rings. The van der Waals surface area contributed by atoms with Crippen LogP contribution in [0.5, 0.6) is 0 Å². The molecule has 0 aromatic rings. The van der Waals surface area contributed by atoms with Gasteiger partial charge in [-0.25, -0.2) is 0 Å². The zero-order chi connectivity index (χ0) is 13.7. The summed E-state index contributed by atoms with van der Waals surface area (Å²) in [6.45, 7) is 17.4. The summed E-state index contributed by atoms with van der Waals surface area (Å²) in [6, 6.07) is 0. The molecule has 3 N–H and O–H groups in total. The average Bonchev–Trinajstić information content (AvgIpc) is 2.39. The summed E-state index contributed by atoms with van der Waals surface area (Å²) in [7, 11) is 0.